The van der Waals surface area contributed by atoms with Crippen molar-refractivity contribution in [1.82, 2.24) is 4.90 Å². The first-order valence-electron chi connectivity index (χ1n) is 7.02. The molecule has 0 spiro atoms. The highest BCUT2D eigenvalue weighted by Gasteiger charge is 2.30. The minimum Gasteiger partial charge on any atom is -0.507 e. The number of carbonyl (C=O) groups is 1. The van der Waals surface area contributed by atoms with E-state index in [0.29, 0.717) is 19.0 Å². The van der Waals surface area contributed by atoms with Crippen LogP contribution in [0, 0.1) is 0 Å². The zero-order valence-electron chi connectivity index (χ0n) is 11.6. The van der Waals surface area contributed by atoms with Gasteiger partial charge in [0, 0.05) is 19.0 Å². The van der Waals surface area contributed by atoms with E-state index in [0.717, 1.165) is 6.42 Å². The van der Waals surface area contributed by atoms with Crippen LogP contribution in [0.2, 0.25) is 0 Å². The molecule has 2 aromatic carbocycles. The van der Waals surface area contributed by atoms with E-state index in [2.05, 4.69) is 12.1 Å². The van der Waals surface area contributed by atoms with Gasteiger partial charge in [0.15, 0.2) is 0 Å². The van der Waals surface area contributed by atoms with Gasteiger partial charge in [-0.2, -0.15) is 0 Å². The number of hydrogen-bond acceptors (Lipinski definition) is 3. The lowest BCUT2D eigenvalue weighted by Crippen LogP contribution is -2.28. The molecule has 108 valence electrons. The van der Waals surface area contributed by atoms with Crippen molar-refractivity contribution in [3.63, 3.8) is 0 Å². The van der Waals surface area contributed by atoms with Gasteiger partial charge in [0.2, 0.25) is 0 Å². The number of rotatable bonds is 2. The molecule has 4 heteroatoms. The van der Waals surface area contributed by atoms with Gasteiger partial charge in [0.1, 0.15) is 17.1 Å². The lowest BCUT2D eigenvalue weighted by Gasteiger charge is -2.18. The fourth-order valence-corrected chi connectivity index (χ4v) is 2.85. The number of phenols is 2. The summed E-state index contributed by atoms with van der Waals surface area (Å²) in [4.78, 5) is 14.2. The molecule has 1 saturated heterocycles. The largest absolute Gasteiger partial charge is 0.507 e. The minimum atomic E-state index is -0.316. The van der Waals surface area contributed by atoms with Gasteiger partial charge in [-0.15, -0.1) is 0 Å². The third kappa shape index (κ3) is 2.57. The van der Waals surface area contributed by atoms with Gasteiger partial charge < -0.3 is 15.1 Å². The predicted octanol–water partition coefficient (Wildman–Crippen LogP) is 2.73. The number of amides is 1. The second-order valence-corrected chi connectivity index (χ2v) is 5.32. The maximum absolute atomic E-state index is 12.5. The number of benzene rings is 2. The zero-order valence-corrected chi connectivity index (χ0v) is 11.6. The number of hydrogen-bond donors (Lipinski definition) is 2. The van der Waals surface area contributed by atoms with E-state index in [1.807, 2.05) is 18.2 Å². The maximum Gasteiger partial charge on any atom is 0.261 e. The molecule has 1 aliphatic heterocycles. The smallest absolute Gasteiger partial charge is 0.261 e. The van der Waals surface area contributed by atoms with Crippen LogP contribution in [0.25, 0.3) is 0 Å². The van der Waals surface area contributed by atoms with Crippen LogP contribution in [-0.4, -0.2) is 34.1 Å². The van der Waals surface area contributed by atoms with Crippen molar-refractivity contribution in [1.29, 1.82) is 0 Å². The van der Waals surface area contributed by atoms with E-state index in [1.165, 1.54) is 23.8 Å². The van der Waals surface area contributed by atoms with Crippen LogP contribution in [0.3, 0.4) is 0 Å². The van der Waals surface area contributed by atoms with Crippen molar-refractivity contribution >= 4 is 5.91 Å². The van der Waals surface area contributed by atoms with Crippen LogP contribution in [0.5, 0.6) is 11.5 Å². The molecule has 1 aliphatic rings. The van der Waals surface area contributed by atoms with E-state index < -0.39 is 0 Å². The summed E-state index contributed by atoms with van der Waals surface area (Å²) < 4.78 is 0. The molecule has 4 nitrogen and oxygen atoms in total. The fourth-order valence-electron chi connectivity index (χ4n) is 2.85. The van der Waals surface area contributed by atoms with Crippen LogP contribution >= 0.6 is 0 Å². The molecule has 0 bridgehead atoms. The molecule has 0 aromatic heterocycles. The molecule has 1 amide bonds. The first-order valence-corrected chi connectivity index (χ1v) is 7.02. The molecule has 2 aromatic rings. The third-order valence-corrected chi connectivity index (χ3v) is 3.98. The lowest BCUT2D eigenvalue weighted by atomic mass is 9.99. The molecule has 1 unspecified atom stereocenters. The van der Waals surface area contributed by atoms with Crippen LogP contribution in [0.15, 0.2) is 48.5 Å². The average molecular weight is 283 g/mol. The summed E-state index contributed by atoms with van der Waals surface area (Å²) in [6.07, 6.45) is 0.893. The second-order valence-electron chi connectivity index (χ2n) is 5.32. The van der Waals surface area contributed by atoms with E-state index in [4.69, 9.17) is 0 Å². The van der Waals surface area contributed by atoms with Crippen molar-refractivity contribution in [2.24, 2.45) is 0 Å². The summed E-state index contributed by atoms with van der Waals surface area (Å²) >= 11 is 0. The number of aromatic hydroxyl groups is 2. The van der Waals surface area contributed by atoms with E-state index >= 15 is 0 Å². The van der Waals surface area contributed by atoms with Gasteiger partial charge in [-0.25, -0.2) is 0 Å². The summed E-state index contributed by atoms with van der Waals surface area (Å²) in [5.74, 6) is -0.362. The number of carbonyl (C=O) groups excluding carboxylic acids is 1. The van der Waals surface area contributed by atoms with Crippen molar-refractivity contribution in [2.75, 3.05) is 13.1 Å². The molecule has 0 saturated carbocycles. The Morgan fingerprint density at radius 2 is 1.67 bits per heavy atom. The van der Waals surface area contributed by atoms with Crippen LogP contribution in [0.1, 0.15) is 28.3 Å². The van der Waals surface area contributed by atoms with Gasteiger partial charge in [-0.1, -0.05) is 36.4 Å². The quantitative estimate of drug-likeness (QED) is 0.891. The SMILES string of the molecule is O=C(c1c(O)cccc1O)N1CCC(c2ccccc2)C1. The van der Waals surface area contributed by atoms with E-state index in [-0.39, 0.29) is 23.0 Å². The number of nitrogens with zero attached hydrogens (tertiary/aromatic N) is 1. The monoisotopic (exact) mass is 283 g/mol. The molecule has 0 aliphatic carbocycles. The Morgan fingerprint density at radius 1 is 1.00 bits per heavy atom. The minimum absolute atomic E-state index is 0.00814. The average Bonchev–Trinajstić information content (AvgIpc) is 2.97. The molecule has 2 N–H and O–H groups in total. The zero-order chi connectivity index (χ0) is 14.8. The normalized spacial score (nSPS) is 17.9. The summed E-state index contributed by atoms with van der Waals surface area (Å²) in [7, 11) is 0. The predicted molar refractivity (Wildman–Crippen MR) is 79.5 cm³/mol. The molecule has 21 heavy (non-hydrogen) atoms. The number of likely N-dealkylation sites (tertiary alicyclic amines) is 1. The van der Waals surface area contributed by atoms with Gasteiger partial charge in [0.25, 0.3) is 5.91 Å². The Bertz CT molecular complexity index is 634. The highest BCUT2D eigenvalue weighted by atomic mass is 16.3. The van der Waals surface area contributed by atoms with E-state index in [9.17, 15) is 15.0 Å². The standard InChI is InChI=1S/C17H17NO3/c19-14-7-4-8-15(20)16(14)17(21)18-10-9-13(11-18)12-5-2-1-3-6-12/h1-8,13,19-20H,9-11H2. The Hall–Kier alpha value is -2.49. The maximum atomic E-state index is 12.5. The Balaban J connectivity index is 1.79. The van der Waals surface area contributed by atoms with Gasteiger partial charge in [0.05, 0.1) is 0 Å². The molecule has 1 heterocycles. The van der Waals surface area contributed by atoms with Gasteiger partial charge in [-0.3, -0.25) is 4.79 Å². The Morgan fingerprint density at radius 3 is 2.33 bits per heavy atom. The molecule has 1 atom stereocenters. The summed E-state index contributed by atoms with van der Waals surface area (Å²) in [5, 5.41) is 19.6. The lowest BCUT2D eigenvalue weighted by molar-refractivity contribution is 0.0784. The molecule has 0 radical (unpaired) electrons. The fraction of sp³-hybridized carbons (Fsp3) is 0.235. The third-order valence-electron chi connectivity index (χ3n) is 3.98. The van der Waals surface area contributed by atoms with Crippen molar-refractivity contribution in [3.05, 3.63) is 59.7 Å². The summed E-state index contributed by atoms with van der Waals surface area (Å²) in [6.45, 7) is 1.24. The van der Waals surface area contributed by atoms with Crippen LogP contribution in [0.4, 0.5) is 0 Å². The Labute approximate surface area is 123 Å². The van der Waals surface area contributed by atoms with E-state index in [1.54, 1.807) is 4.90 Å². The van der Waals surface area contributed by atoms with Gasteiger partial charge >= 0.3 is 0 Å². The summed E-state index contributed by atoms with van der Waals surface area (Å²) in [5.41, 5.74) is 1.21. The highest BCUT2D eigenvalue weighted by Crippen LogP contribution is 2.32. The van der Waals surface area contributed by atoms with Gasteiger partial charge in [-0.05, 0) is 24.1 Å². The molecule has 1 fully saturated rings. The van der Waals surface area contributed by atoms with Crippen molar-refractivity contribution in [3.8, 4) is 11.5 Å². The molecular weight excluding hydrogens is 266 g/mol. The topological polar surface area (TPSA) is 60.8 Å². The Kier molecular flexibility index (Phi) is 3.52. The highest BCUT2D eigenvalue weighted by molar-refractivity contribution is 5.99. The first-order chi connectivity index (χ1) is 10.2. The van der Waals surface area contributed by atoms with Crippen LogP contribution in [-0.2, 0) is 0 Å². The van der Waals surface area contributed by atoms with Crippen LogP contribution < -0.4 is 0 Å². The van der Waals surface area contributed by atoms with Crippen molar-refractivity contribution in [2.45, 2.75) is 12.3 Å². The second kappa shape index (κ2) is 5.48. The summed E-state index contributed by atoms with van der Waals surface area (Å²) in [6, 6.07) is 14.4. The van der Waals surface area contributed by atoms with Crippen molar-refractivity contribution < 1.29 is 15.0 Å². The molecule has 3 rings (SSSR count). The molecular formula is C17H17NO3. The first kappa shape index (κ1) is 13.5. The number of phenolic OH excluding ortho intramolecular Hbond substituents is 2.